The Balaban J connectivity index is 1.79. The van der Waals surface area contributed by atoms with Crippen LogP contribution in [0.1, 0.15) is 80.4 Å². The Hall–Kier alpha value is -3.56. The van der Waals surface area contributed by atoms with Crippen LogP contribution in [0.3, 0.4) is 0 Å². The van der Waals surface area contributed by atoms with Crippen LogP contribution in [0.4, 0.5) is 23.7 Å². The Morgan fingerprint density at radius 3 is 2.13 bits per heavy atom. The van der Waals surface area contributed by atoms with Crippen LogP contribution < -0.4 is 16.0 Å². The van der Waals surface area contributed by atoms with E-state index in [9.17, 15) is 27.6 Å². The molecule has 2 aromatic rings. The van der Waals surface area contributed by atoms with Crippen LogP contribution in [-0.2, 0) is 11.0 Å². The zero-order chi connectivity index (χ0) is 28.8. The van der Waals surface area contributed by atoms with Crippen molar-refractivity contribution in [3.05, 3.63) is 65.2 Å². The Morgan fingerprint density at radius 2 is 1.56 bits per heavy atom. The Bertz CT molecular complexity index is 1150. The van der Waals surface area contributed by atoms with E-state index in [1.807, 2.05) is 0 Å². The molecule has 1 atom stereocenters. The molecule has 39 heavy (non-hydrogen) atoms. The number of para-hydroxylation sites is 1. The van der Waals surface area contributed by atoms with E-state index in [0.717, 1.165) is 37.3 Å². The van der Waals surface area contributed by atoms with Crippen molar-refractivity contribution in [2.45, 2.75) is 65.1 Å². The lowest BCUT2D eigenvalue weighted by Gasteiger charge is -2.39. The van der Waals surface area contributed by atoms with Gasteiger partial charge in [0, 0.05) is 12.1 Å². The van der Waals surface area contributed by atoms with Gasteiger partial charge in [0.2, 0.25) is 0 Å². The molecule has 0 heterocycles. The van der Waals surface area contributed by atoms with E-state index in [-0.39, 0.29) is 30.0 Å². The van der Waals surface area contributed by atoms with Crippen molar-refractivity contribution in [1.82, 2.24) is 10.6 Å². The van der Waals surface area contributed by atoms with E-state index in [1.54, 1.807) is 24.3 Å². The third-order valence-corrected chi connectivity index (χ3v) is 7.39. The Kier molecular flexibility index (Phi) is 9.63. The summed E-state index contributed by atoms with van der Waals surface area (Å²) in [5, 5.41) is 16.6. The van der Waals surface area contributed by atoms with Gasteiger partial charge in [-0.1, -0.05) is 45.0 Å². The number of aliphatic carboxylic acids is 1. The predicted octanol–water partition coefficient (Wildman–Crippen LogP) is 6.63. The number of anilines is 1. The van der Waals surface area contributed by atoms with Crippen LogP contribution in [0.5, 0.6) is 0 Å². The maximum atomic E-state index is 13.4. The average molecular weight is 548 g/mol. The van der Waals surface area contributed by atoms with Crippen LogP contribution in [0.2, 0.25) is 0 Å². The highest BCUT2D eigenvalue weighted by Crippen LogP contribution is 2.43. The zero-order valence-electron chi connectivity index (χ0n) is 22.4. The van der Waals surface area contributed by atoms with E-state index in [1.165, 1.54) is 18.2 Å². The summed E-state index contributed by atoms with van der Waals surface area (Å²) < 4.78 is 40.3. The summed E-state index contributed by atoms with van der Waals surface area (Å²) in [5.74, 6) is -0.849. The first-order chi connectivity index (χ1) is 18.3. The molecular formula is C29H36F3N3O4. The summed E-state index contributed by atoms with van der Waals surface area (Å²) in [6, 6.07) is 10.2. The lowest BCUT2D eigenvalue weighted by atomic mass is 9.68. The highest BCUT2D eigenvalue weighted by Gasteiger charge is 2.36. The van der Waals surface area contributed by atoms with E-state index in [2.05, 4.69) is 36.7 Å². The van der Waals surface area contributed by atoms with Gasteiger partial charge in [0.25, 0.3) is 5.91 Å². The summed E-state index contributed by atoms with van der Waals surface area (Å²) in [5.41, 5.74) is -0.0347. The molecule has 1 unspecified atom stereocenters. The second-order valence-corrected chi connectivity index (χ2v) is 11.1. The van der Waals surface area contributed by atoms with Crippen LogP contribution in [-0.4, -0.2) is 29.6 Å². The molecular weight excluding hydrogens is 511 g/mol. The third kappa shape index (κ3) is 8.46. The quantitative estimate of drug-likeness (QED) is 0.298. The van der Waals surface area contributed by atoms with Crippen LogP contribution >= 0.6 is 0 Å². The number of carboxylic acid groups (broad SMARTS) is 1. The topological polar surface area (TPSA) is 108 Å². The van der Waals surface area contributed by atoms with Gasteiger partial charge in [-0.3, -0.25) is 9.59 Å². The first-order valence-corrected chi connectivity index (χ1v) is 13.1. The number of halogens is 3. The first kappa shape index (κ1) is 30.0. The fourth-order valence-corrected chi connectivity index (χ4v) is 5.16. The van der Waals surface area contributed by atoms with Gasteiger partial charge in [-0.05, 0) is 72.8 Å². The number of benzene rings is 2. The SMILES string of the molecule is CC(C)(C)C1CCC(C(NC(=O)Nc2ccccc2C(F)(F)F)c2ccc(C(=O)NCCC(=O)O)cc2)CC1. The Labute approximate surface area is 226 Å². The minimum atomic E-state index is -4.62. The predicted molar refractivity (Wildman–Crippen MR) is 142 cm³/mol. The highest BCUT2D eigenvalue weighted by molar-refractivity contribution is 5.94. The fourth-order valence-electron chi connectivity index (χ4n) is 5.16. The molecule has 1 aliphatic rings. The van der Waals surface area contributed by atoms with Crippen LogP contribution in [0.25, 0.3) is 0 Å². The van der Waals surface area contributed by atoms with E-state index < -0.39 is 35.7 Å². The molecule has 212 valence electrons. The summed E-state index contributed by atoms with van der Waals surface area (Å²) in [7, 11) is 0. The second-order valence-electron chi connectivity index (χ2n) is 11.1. The number of carbonyl (C=O) groups is 3. The number of hydrogen-bond donors (Lipinski definition) is 4. The minimum absolute atomic E-state index is 0.00329. The molecule has 0 spiro atoms. The molecule has 0 aromatic heterocycles. The summed E-state index contributed by atoms with van der Waals surface area (Å²) >= 11 is 0. The van der Waals surface area contributed by atoms with Crippen molar-refractivity contribution in [2.75, 3.05) is 11.9 Å². The molecule has 10 heteroatoms. The fraction of sp³-hybridized carbons (Fsp3) is 0.483. The lowest BCUT2D eigenvalue weighted by molar-refractivity contribution is -0.137. The Morgan fingerprint density at radius 1 is 0.949 bits per heavy atom. The molecule has 4 N–H and O–H groups in total. The highest BCUT2D eigenvalue weighted by atomic mass is 19.4. The molecule has 0 saturated heterocycles. The molecule has 1 saturated carbocycles. The number of amides is 3. The zero-order valence-corrected chi connectivity index (χ0v) is 22.4. The first-order valence-electron chi connectivity index (χ1n) is 13.1. The van der Waals surface area contributed by atoms with Gasteiger partial charge < -0.3 is 21.1 Å². The molecule has 3 rings (SSSR count). The number of urea groups is 1. The summed E-state index contributed by atoms with van der Waals surface area (Å²) in [6.07, 6.45) is -1.20. The van der Waals surface area contributed by atoms with Gasteiger partial charge in [-0.15, -0.1) is 0 Å². The molecule has 1 fully saturated rings. The van der Waals surface area contributed by atoms with Crippen molar-refractivity contribution in [2.24, 2.45) is 17.3 Å². The molecule has 7 nitrogen and oxygen atoms in total. The summed E-state index contributed by atoms with van der Waals surface area (Å²) in [4.78, 5) is 36.0. The number of hydrogen-bond acceptors (Lipinski definition) is 3. The van der Waals surface area contributed by atoms with Crippen molar-refractivity contribution >= 4 is 23.6 Å². The second kappa shape index (κ2) is 12.5. The molecule has 0 aliphatic heterocycles. The monoisotopic (exact) mass is 547 g/mol. The largest absolute Gasteiger partial charge is 0.481 e. The van der Waals surface area contributed by atoms with E-state index in [0.29, 0.717) is 11.5 Å². The lowest BCUT2D eigenvalue weighted by Crippen LogP contribution is -2.39. The number of carbonyl (C=O) groups excluding carboxylic acids is 2. The van der Waals surface area contributed by atoms with E-state index >= 15 is 0 Å². The van der Waals surface area contributed by atoms with Gasteiger partial charge in [0.05, 0.1) is 23.7 Å². The molecule has 3 amide bonds. The van der Waals surface area contributed by atoms with Crippen molar-refractivity contribution in [3.8, 4) is 0 Å². The van der Waals surface area contributed by atoms with Crippen molar-refractivity contribution in [3.63, 3.8) is 0 Å². The third-order valence-electron chi connectivity index (χ3n) is 7.39. The van der Waals surface area contributed by atoms with Crippen molar-refractivity contribution in [1.29, 1.82) is 0 Å². The number of rotatable bonds is 8. The molecule has 1 aliphatic carbocycles. The maximum Gasteiger partial charge on any atom is 0.418 e. The summed E-state index contributed by atoms with van der Waals surface area (Å²) in [6.45, 7) is 6.62. The normalized spacial score (nSPS) is 18.6. The maximum absolute atomic E-state index is 13.4. The van der Waals surface area contributed by atoms with Gasteiger partial charge in [-0.25, -0.2) is 4.79 Å². The van der Waals surface area contributed by atoms with Crippen LogP contribution in [0.15, 0.2) is 48.5 Å². The van der Waals surface area contributed by atoms with Gasteiger partial charge in [0.1, 0.15) is 0 Å². The molecule has 0 radical (unpaired) electrons. The molecule has 0 bridgehead atoms. The van der Waals surface area contributed by atoms with Crippen molar-refractivity contribution < 1.29 is 32.7 Å². The average Bonchev–Trinajstić information content (AvgIpc) is 2.86. The van der Waals surface area contributed by atoms with Gasteiger partial charge in [-0.2, -0.15) is 13.2 Å². The smallest absolute Gasteiger partial charge is 0.418 e. The number of alkyl halides is 3. The van der Waals surface area contributed by atoms with E-state index in [4.69, 9.17) is 5.11 Å². The molecule has 2 aromatic carbocycles. The number of carboxylic acids is 1. The standard InChI is InChI=1S/C29H36F3N3O4/c1-28(2,3)21-14-12-19(13-15-21)25(18-8-10-20(11-9-18)26(38)33-17-16-24(36)37)35-27(39)34-23-7-5-4-6-22(23)29(30,31)32/h4-11,19,21,25H,12-17H2,1-3H3,(H,33,38)(H,36,37)(H2,34,35,39). The minimum Gasteiger partial charge on any atom is -0.481 e. The van der Waals surface area contributed by atoms with Crippen LogP contribution in [0, 0.1) is 17.3 Å². The van der Waals surface area contributed by atoms with Gasteiger partial charge >= 0.3 is 18.2 Å². The van der Waals surface area contributed by atoms with Gasteiger partial charge in [0.15, 0.2) is 0 Å². The number of nitrogens with one attached hydrogen (secondary N) is 3.